The van der Waals surface area contributed by atoms with Gasteiger partial charge in [0, 0.05) is 5.56 Å². The van der Waals surface area contributed by atoms with Gasteiger partial charge in [-0.05, 0) is 24.7 Å². The number of rotatable bonds is 5. The Labute approximate surface area is 94.4 Å². The van der Waals surface area contributed by atoms with E-state index in [0.29, 0.717) is 22.9 Å². The summed E-state index contributed by atoms with van der Waals surface area (Å²) in [6.45, 7) is 3.06. The number of carbonyl (C=O) groups is 1. The van der Waals surface area contributed by atoms with E-state index in [1.54, 1.807) is 25.3 Å². The lowest BCUT2D eigenvalue weighted by Crippen LogP contribution is -2.22. The van der Waals surface area contributed by atoms with Crippen LogP contribution in [-0.4, -0.2) is 26.0 Å². The maximum Gasteiger partial charge on any atom is 0.176 e. The molecule has 3 nitrogen and oxygen atoms in total. The van der Waals surface area contributed by atoms with E-state index in [4.69, 9.17) is 16.3 Å². The molecule has 0 aliphatic rings. The summed E-state index contributed by atoms with van der Waals surface area (Å²) in [6.07, 6.45) is 0. The van der Waals surface area contributed by atoms with E-state index in [1.165, 1.54) is 0 Å². The number of ether oxygens (including phenoxy) is 1. The molecular formula is C11H14ClNO2. The summed E-state index contributed by atoms with van der Waals surface area (Å²) in [7, 11) is 1.54. The Hall–Kier alpha value is -1.06. The van der Waals surface area contributed by atoms with Crippen LogP contribution < -0.4 is 10.1 Å². The summed E-state index contributed by atoms with van der Waals surface area (Å²) in [5, 5.41) is 3.43. The molecule has 0 bridgehead atoms. The van der Waals surface area contributed by atoms with E-state index in [1.807, 2.05) is 6.92 Å². The van der Waals surface area contributed by atoms with E-state index in [2.05, 4.69) is 5.32 Å². The van der Waals surface area contributed by atoms with Crippen LogP contribution in [0.3, 0.4) is 0 Å². The molecule has 0 saturated carbocycles. The zero-order valence-electron chi connectivity index (χ0n) is 8.84. The molecule has 0 aromatic heterocycles. The molecule has 0 unspecified atom stereocenters. The fourth-order valence-corrected chi connectivity index (χ4v) is 1.44. The topological polar surface area (TPSA) is 38.3 Å². The van der Waals surface area contributed by atoms with Crippen molar-refractivity contribution in [1.29, 1.82) is 0 Å². The Morgan fingerprint density at radius 3 is 2.80 bits per heavy atom. The second kappa shape index (κ2) is 5.73. The van der Waals surface area contributed by atoms with E-state index >= 15 is 0 Å². The molecule has 1 N–H and O–H groups in total. The molecule has 1 aromatic carbocycles. The molecule has 0 saturated heterocycles. The third kappa shape index (κ3) is 3.22. The molecular weight excluding hydrogens is 214 g/mol. The SMILES string of the molecule is CCNCC(=O)c1ccc(OC)c(Cl)c1. The van der Waals surface area contributed by atoms with Crippen molar-refractivity contribution in [3.63, 3.8) is 0 Å². The second-order valence-corrected chi connectivity index (χ2v) is 3.46. The van der Waals surface area contributed by atoms with Gasteiger partial charge in [-0.1, -0.05) is 18.5 Å². The van der Waals surface area contributed by atoms with E-state index in [-0.39, 0.29) is 5.78 Å². The van der Waals surface area contributed by atoms with Crippen LogP contribution >= 0.6 is 11.6 Å². The highest BCUT2D eigenvalue weighted by atomic mass is 35.5. The number of methoxy groups -OCH3 is 1. The number of ketones is 1. The third-order valence-corrected chi connectivity index (χ3v) is 2.30. The summed E-state index contributed by atoms with van der Waals surface area (Å²) in [6, 6.07) is 5.03. The summed E-state index contributed by atoms with van der Waals surface area (Å²) < 4.78 is 5.00. The fraction of sp³-hybridized carbons (Fsp3) is 0.364. The lowest BCUT2D eigenvalue weighted by atomic mass is 10.1. The molecule has 0 amide bonds. The molecule has 0 aliphatic heterocycles. The van der Waals surface area contributed by atoms with Gasteiger partial charge in [-0.15, -0.1) is 0 Å². The lowest BCUT2D eigenvalue weighted by molar-refractivity contribution is 0.0991. The minimum absolute atomic E-state index is 0.0291. The van der Waals surface area contributed by atoms with Crippen molar-refractivity contribution in [2.24, 2.45) is 0 Å². The average molecular weight is 228 g/mol. The van der Waals surface area contributed by atoms with Crippen molar-refractivity contribution in [3.05, 3.63) is 28.8 Å². The Morgan fingerprint density at radius 1 is 1.53 bits per heavy atom. The van der Waals surface area contributed by atoms with Gasteiger partial charge >= 0.3 is 0 Å². The smallest absolute Gasteiger partial charge is 0.176 e. The predicted octanol–water partition coefficient (Wildman–Crippen LogP) is 2.14. The predicted molar refractivity (Wildman–Crippen MR) is 60.9 cm³/mol. The number of likely N-dealkylation sites (N-methyl/N-ethyl adjacent to an activating group) is 1. The third-order valence-electron chi connectivity index (χ3n) is 2.01. The highest BCUT2D eigenvalue weighted by molar-refractivity contribution is 6.32. The molecule has 4 heteroatoms. The number of hydrogen-bond acceptors (Lipinski definition) is 3. The first-order chi connectivity index (χ1) is 7.19. The molecule has 82 valence electrons. The first-order valence-corrected chi connectivity index (χ1v) is 5.14. The molecule has 15 heavy (non-hydrogen) atoms. The quantitative estimate of drug-likeness (QED) is 0.784. The molecule has 0 spiro atoms. The largest absolute Gasteiger partial charge is 0.495 e. The molecule has 0 aliphatic carbocycles. The van der Waals surface area contributed by atoms with Crippen molar-refractivity contribution in [2.75, 3.05) is 20.2 Å². The van der Waals surface area contributed by atoms with Gasteiger partial charge in [0.2, 0.25) is 0 Å². The number of benzene rings is 1. The van der Waals surface area contributed by atoms with Crippen molar-refractivity contribution in [2.45, 2.75) is 6.92 Å². The first-order valence-electron chi connectivity index (χ1n) is 4.76. The van der Waals surface area contributed by atoms with Crippen LogP contribution in [0.5, 0.6) is 5.75 Å². The Morgan fingerprint density at radius 2 is 2.27 bits per heavy atom. The molecule has 1 rings (SSSR count). The normalized spacial score (nSPS) is 10.1. The summed E-state index contributed by atoms with van der Waals surface area (Å²) >= 11 is 5.91. The van der Waals surface area contributed by atoms with Crippen molar-refractivity contribution in [3.8, 4) is 5.75 Å². The van der Waals surface area contributed by atoms with Crippen molar-refractivity contribution >= 4 is 17.4 Å². The van der Waals surface area contributed by atoms with Gasteiger partial charge < -0.3 is 10.1 Å². The standard InChI is InChI=1S/C11H14ClNO2/c1-3-13-7-10(14)8-4-5-11(15-2)9(12)6-8/h4-6,13H,3,7H2,1-2H3. The Bertz CT molecular complexity index is 352. The lowest BCUT2D eigenvalue weighted by Gasteiger charge is -2.05. The number of hydrogen-bond donors (Lipinski definition) is 1. The number of Topliss-reactive ketones (excluding diaryl/α,β-unsaturated/α-hetero) is 1. The number of nitrogens with one attached hydrogen (secondary N) is 1. The van der Waals surface area contributed by atoms with Gasteiger partial charge in [0.1, 0.15) is 5.75 Å². The first kappa shape index (κ1) is 12.0. The van der Waals surface area contributed by atoms with Gasteiger partial charge in [0.15, 0.2) is 5.78 Å². The minimum Gasteiger partial charge on any atom is -0.495 e. The Balaban J connectivity index is 2.78. The Kier molecular flexibility index (Phi) is 4.59. The van der Waals surface area contributed by atoms with Crippen LogP contribution in [0.4, 0.5) is 0 Å². The van der Waals surface area contributed by atoms with Crippen molar-refractivity contribution in [1.82, 2.24) is 5.32 Å². The molecule has 1 aromatic rings. The fourth-order valence-electron chi connectivity index (χ4n) is 1.18. The minimum atomic E-state index is 0.0291. The van der Waals surface area contributed by atoms with Crippen LogP contribution in [0, 0.1) is 0 Å². The maximum absolute atomic E-state index is 11.6. The highest BCUT2D eigenvalue weighted by Gasteiger charge is 2.08. The van der Waals surface area contributed by atoms with Crippen LogP contribution in [0.25, 0.3) is 0 Å². The van der Waals surface area contributed by atoms with Crippen LogP contribution in [0.15, 0.2) is 18.2 Å². The molecule has 0 radical (unpaired) electrons. The zero-order chi connectivity index (χ0) is 11.3. The monoisotopic (exact) mass is 227 g/mol. The highest BCUT2D eigenvalue weighted by Crippen LogP contribution is 2.24. The number of carbonyl (C=O) groups excluding carboxylic acids is 1. The van der Waals surface area contributed by atoms with Crippen LogP contribution in [0.1, 0.15) is 17.3 Å². The van der Waals surface area contributed by atoms with Gasteiger partial charge in [-0.3, -0.25) is 4.79 Å². The van der Waals surface area contributed by atoms with Gasteiger partial charge in [0.25, 0.3) is 0 Å². The van der Waals surface area contributed by atoms with Gasteiger partial charge in [-0.2, -0.15) is 0 Å². The maximum atomic E-state index is 11.6. The van der Waals surface area contributed by atoms with Crippen LogP contribution in [-0.2, 0) is 0 Å². The summed E-state index contributed by atoms with van der Waals surface area (Å²) in [5.74, 6) is 0.609. The second-order valence-electron chi connectivity index (χ2n) is 3.05. The average Bonchev–Trinajstić information content (AvgIpc) is 2.25. The molecule has 0 fully saturated rings. The van der Waals surface area contributed by atoms with E-state index in [9.17, 15) is 4.79 Å². The number of halogens is 1. The zero-order valence-corrected chi connectivity index (χ0v) is 9.60. The van der Waals surface area contributed by atoms with Gasteiger partial charge in [-0.25, -0.2) is 0 Å². The van der Waals surface area contributed by atoms with E-state index in [0.717, 1.165) is 6.54 Å². The molecule has 0 atom stereocenters. The van der Waals surface area contributed by atoms with E-state index < -0.39 is 0 Å². The molecule has 0 heterocycles. The summed E-state index contributed by atoms with van der Waals surface area (Å²) in [5.41, 5.74) is 0.599. The van der Waals surface area contributed by atoms with Crippen molar-refractivity contribution < 1.29 is 9.53 Å². The van der Waals surface area contributed by atoms with Crippen LogP contribution in [0.2, 0.25) is 5.02 Å². The summed E-state index contributed by atoms with van der Waals surface area (Å²) in [4.78, 5) is 11.6. The van der Waals surface area contributed by atoms with Gasteiger partial charge in [0.05, 0.1) is 18.7 Å².